The lowest BCUT2D eigenvalue weighted by molar-refractivity contribution is -0.136. The number of carbonyl (C=O) groups is 1. The molecule has 1 aromatic rings. The van der Waals surface area contributed by atoms with Gasteiger partial charge in [-0.05, 0) is 20.5 Å². The van der Waals surface area contributed by atoms with E-state index < -0.39 is 5.97 Å². The molecule has 0 amide bonds. The molecule has 4 nitrogen and oxygen atoms in total. The Hall–Kier alpha value is -0.940. The Morgan fingerprint density at radius 3 is 2.93 bits per heavy atom. The molecule has 0 spiro atoms. The molecule has 1 rings (SSSR count). The summed E-state index contributed by atoms with van der Waals surface area (Å²) in [6.45, 7) is 0.817. The molecule has 1 heterocycles. The number of aromatic nitrogens is 1. The molecular weight excluding hydrogens is 200 g/mol. The van der Waals surface area contributed by atoms with Gasteiger partial charge in [-0.25, -0.2) is 4.98 Å². The molecule has 0 aromatic carbocycles. The van der Waals surface area contributed by atoms with Gasteiger partial charge in [0.2, 0.25) is 0 Å². The molecule has 0 fully saturated rings. The first-order chi connectivity index (χ1) is 6.58. The fourth-order valence-corrected chi connectivity index (χ4v) is 2.08. The summed E-state index contributed by atoms with van der Waals surface area (Å²) in [5.41, 5.74) is 0. The lowest BCUT2D eigenvalue weighted by atomic mass is 10.3. The second-order valence-corrected chi connectivity index (χ2v) is 4.55. The zero-order chi connectivity index (χ0) is 10.6. The van der Waals surface area contributed by atoms with Gasteiger partial charge in [0.1, 0.15) is 5.01 Å². The molecule has 0 radical (unpaired) electrons. The van der Waals surface area contributed by atoms with Crippen molar-refractivity contribution in [2.45, 2.75) is 19.4 Å². The van der Waals surface area contributed by atoms with Crippen LogP contribution in [0.2, 0.25) is 0 Å². The van der Waals surface area contributed by atoms with Crippen LogP contribution in [0.5, 0.6) is 0 Å². The van der Waals surface area contributed by atoms with Crippen LogP contribution in [0.25, 0.3) is 0 Å². The van der Waals surface area contributed by atoms with Crippen LogP contribution in [-0.2, 0) is 17.8 Å². The fraction of sp³-hybridized carbons (Fsp3) is 0.556. The van der Waals surface area contributed by atoms with Crippen molar-refractivity contribution in [2.24, 2.45) is 0 Å². The Labute approximate surface area is 87.2 Å². The number of aliphatic carboxylic acids is 1. The lowest BCUT2D eigenvalue weighted by Crippen LogP contribution is -2.09. The summed E-state index contributed by atoms with van der Waals surface area (Å²) in [7, 11) is 3.97. The zero-order valence-corrected chi connectivity index (χ0v) is 9.17. The molecule has 0 saturated heterocycles. The largest absolute Gasteiger partial charge is 0.481 e. The summed E-state index contributed by atoms with van der Waals surface area (Å²) in [6.07, 6.45) is 2.54. The zero-order valence-electron chi connectivity index (χ0n) is 8.36. The maximum Gasteiger partial charge on any atom is 0.303 e. The highest BCUT2D eigenvalue weighted by atomic mass is 32.1. The maximum absolute atomic E-state index is 10.3. The van der Waals surface area contributed by atoms with Crippen LogP contribution in [0.4, 0.5) is 0 Å². The Morgan fingerprint density at radius 2 is 2.36 bits per heavy atom. The first kappa shape index (κ1) is 11.1. The molecule has 0 atom stereocenters. The van der Waals surface area contributed by atoms with Crippen molar-refractivity contribution in [2.75, 3.05) is 14.1 Å². The van der Waals surface area contributed by atoms with Gasteiger partial charge in [-0.1, -0.05) is 0 Å². The van der Waals surface area contributed by atoms with Crippen molar-refractivity contribution in [3.8, 4) is 0 Å². The minimum Gasteiger partial charge on any atom is -0.481 e. The maximum atomic E-state index is 10.3. The highest BCUT2D eigenvalue weighted by Crippen LogP contribution is 2.15. The van der Waals surface area contributed by atoms with Gasteiger partial charge in [-0.2, -0.15) is 0 Å². The summed E-state index contributed by atoms with van der Waals surface area (Å²) in [4.78, 5) is 17.6. The third-order valence-electron chi connectivity index (χ3n) is 1.64. The number of hydrogen-bond acceptors (Lipinski definition) is 4. The summed E-state index contributed by atoms with van der Waals surface area (Å²) < 4.78 is 0. The van der Waals surface area contributed by atoms with E-state index in [0.29, 0.717) is 6.42 Å². The Balaban J connectivity index is 2.46. The van der Waals surface area contributed by atoms with Crippen LogP contribution >= 0.6 is 11.3 Å². The molecule has 5 heteroatoms. The molecule has 0 saturated carbocycles. The summed E-state index contributed by atoms with van der Waals surface area (Å²) >= 11 is 1.59. The highest BCUT2D eigenvalue weighted by Gasteiger charge is 2.04. The topological polar surface area (TPSA) is 53.4 Å². The number of carboxylic acids is 1. The van der Waals surface area contributed by atoms with Crippen molar-refractivity contribution in [1.29, 1.82) is 0 Å². The smallest absolute Gasteiger partial charge is 0.303 e. The predicted octanol–water partition coefficient (Wildman–Crippen LogP) is 1.22. The molecule has 0 unspecified atom stereocenters. The van der Waals surface area contributed by atoms with Gasteiger partial charge in [0.25, 0.3) is 0 Å². The highest BCUT2D eigenvalue weighted by molar-refractivity contribution is 7.11. The van der Waals surface area contributed by atoms with Gasteiger partial charge in [0.05, 0.1) is 6.42 Å². The normalized spacial score (nSPS) is 10.8. The Bertz CT molecular complexity index is 310. The number of carboxylic acid groups (broad SMARTS) is 1. The summed E-state index contributed by atoms with van der Waals surface area (Å²) in [6, 6.07) is 0. The van der Waals surface area contributed by atoms with E-state index in [9.17, 15) is 4.79 Å². The molecule has 1 N–H and O–H groups in total. The van der Waals surface area contributed by atoms with Crippen molar-refractivity contribution >= 4 is 17.3 Å². The average Bonchev–Trinajstić information content (AvgIpc) is 2.47. The van der Waals surface area contributed by atoms with Crippen molar-refractivity contribution in [3.63, 3.8) is 0 Å². The minimum absolute atomic E-state index is 0.184. The van der Waals surface area contributed by atoms with Crippen molar-refractivity contribution in [1.82, 2.24) is 9.88 Å². The van der Waals surface area contributed by atoms with Gasteiger partial charge < -0.3 is 10.0 Å². The molecule has 0 aliphatic heterocycles. The lowest BCUT2D eigenvalue weighted by Gasteiger charge is -2.04. The van der Waals surface area contributed by atoms with Crippen LogP contribution in [0.15, 0.2) is 6.20 Å². The summed E-state index contributed by atoms with van der Waals surface area (Å²) in [5.74, 6) is -0.757. The van der Waals surface area contributed by atoms with Gasteiger partial charge in [0.15, 0.2) is 0 Å². The average molecular weight is 214 g/mol. The molecule has 0 aliphatic carbocycles. The predicted molar refractivity (Wildman–Crippen MR) is 55.5 cm³/mol. The van der Waals surface area contributed by atoms with Crippen LogP contribution < -0.4 is 0 Å². The molecule has 0 bridgehead atoms. The van der Waals surface area contributed by atoms with E-state index in [0.717, 1.165) is 16.4 Å². The number of rotatable bonds is 5. The number of nitrogens with zero attached hydrogens (tertiary/aromatic N) is 2. The van der Waals surface area contributed by atoms with E-state index in [4.69, 9.17) is 5.11 Å². The second kappa shape index (κ2) is 5.07. The van der Waals surface area contributed by atoms with E-state index in [1.54, 1.807) is 17.5 Å². The van der Waals surface area contributed by atoms with E-state index >= 15 is 0 Å². The number of aryl methyl sites for hydroxylation is 1. The van der Waals surface area contributed by atoms with E-state index in [2.05, 4.69) is 4.98 Å². The monoisotopic (exact) mass is 214 g/mol. The van der Waals surface area contributed by atoms with Gasteiger partial charge in [-0.15, -0.1) is 11.3 Å². The van der Waals surface area contributed by atoms with E-state index in [1.807, 2.05) is 19.0 Å². The van der Waals surface area contributed by atoms with E-state index in [1.165, 1.54) is 0 Å². The SMILES string of the molecule is CN(C)Cc1ncc(CCC(=O)O)s1. The molecule has 14 heavy (non-hydrogen) atoms. The van der Waals surface area contributed by atoms with Crippen molar-refractivity contribution < 1.29 is 9.90 Å². The quantitative estimate of drug-likeness (QED) is 0.800. The molecule has 1 aromatic heterocycles. The number of hydrogen-bond donors (Lipinski definition) is 1. The molecule has 78 valence electrons. The van der Waals surface area contributed by atoms with Crippen LogP contribution in [0.3, 0.4) is 0 Å². The van der Waals surface area contributed by atoms with Gasteiger partial charge >= 0.3 is 5.97 Å². The molecule has 0 aliphatic rings. The fourth-order valence-electron chi connectivity index (χ4n) is 1.04. The van der Waals surface area contributed by atoms with Crippen molar-refractivity contribution in [3.05, 3.63) is 16.1 Å². The third kappa shape index (κ3) is 3.85. The number of thiazole rings is 1. The third-order valence-corrected chi connectivity index (χ3v) is 2.68. The van der Waals surface area contributed by atoms with Crippen LogP contribution in [0.1, 0.15) is 16.3 Å². The summed E-state index contributed by atoms with van der Waals surface area (Å²) in [5, 5.41) is 9.54. The van der Waals surface area contributed by atoms with Gasteiger partial charge in [-0.3, -0.25) is 4.79 Å². The van der Waals surface area contributed by atoms with Gasteiger partial charge in [0, 0.05) is 17.6 Å². The molecular formula is C9H14N2O2S. The van der Waals surface area contributed by atoms with Crippen LogP contribution in [0, 0.1) is 0 Å². The second-order valence-electron chi connectivity index (χ2n) is 3.35. The minimum atomic E-state index is -0.757. The van der Waals surface area contributed by atoms with Crippen LogP contribution in [-0.4, -0.2) is 35.1 Å². The first-order valence-corrected chi connectivity index (χ1v) is 5.19. The Morgan fingerprint density at radius 1 is 1.64 bits per heavy atom. The Kier molecular flexibility index (Phi) is 4.03. The van der Waals surface area contributed by atoms with E-state index in [-0.39, 0.29) is 6.42 Å². The standard InChI is InChI=1S/C9H14N2O2S/c1-11(2)6-8-10-5-7(14-8)3-4-9(12)13/h5H,3-4,6H2,1-2H3,(H,12,13). The first-order valence-electron chi connectivity index (χ1n) is 4.38.